The average Bonchev–Trinajstić information content (AvgIpc) is 3.14. The van der Waals surface area contributed by atoms with Crippen LogP contribution >= 0.6 is 11.6 Å². The molecule has 2 heterocycles. The molecule has 4 rings (SSSR count). The smallest absolute Gasteiger partial charge is 0.408 e. The number of hydrogen-bond donors (Lipinski definition) is 2. The van der Waals surface area contributed by atoms with Crippen molar-refractivity contribution >= 4 is 45.9 Å². The van der Waals surface area contributed by atoms with E-state index in [2.05, 4.69) is 15.2 Å². The number of H-pyrrole nitrogens is 1. The van der Waals surface area contributed by atoms with E-state index in [1.165, 1.54) is 11.0 Å². The fraction of sp³-hybridized carbons (Fsp3) is 0.286. The van der Waals surface area contributed by atoms with Crippen molar-refractivity contribution in [1.29, 1.82) is 0 Å². The number of halogens is 1. The number of nitrogens with one attached hydrogen (secondary N) is 2. The van der Waals surface area contributed by atoms with Gasteiger partial charge in [0.15, 0.2) is 5.58 Å². The van der Waals surface area contributed by atoms with Crippen molar-refractivity contribution < 1.29 is 18.7 Å². The number of anilines is 2. The van der Waals surface area contributed by atoms with Gasteiger partial charge in [-0.2, -0.15) is 0 Å². The van der Waals surface area contributed by atoms with E-state index in [1.807, 2.05) is 18.2 Å². The Kier molecular flexibility index (Phi) is 5.97. The Hall–Kier alpha value is -3.30. The van der Waals surface area contributed by atoms with Gasteiger partial charge >= 0.3 is 17.6 Å². The quantitative estimate of drug-likeness (QED) is 0.597. The summed E-state index contributed by atoms with van der Waals surface area (Å²) < 4.78 is 10.1. The highest BCUT2D eigenvalue weighted by Crippen LogP contribution is 2.25. The van der Waals surface area contributed by atoms with Gasteiger partial charge < -0.3 is 24.3 Å². The molecule has 0 aliphatic carbocycles. The molecule has 1 aliphatic heterocycles. The molecular weight excluding hydrogens is 424 g/mol. The van der Waals surface area contributed by atoms with E-state index >= 15 is 0 Å². The van der Waals surface area contributed by atoms with Crippen molar-refractivity contribution in [1.82, 2.24) is 9.88 Å². The number of oxazole rings is 1. The molecule has 0 bridgehead atoms. The SMILES string of the molecule is COCc1cc(N2CCN(C(=O)C(=O)Nc3ccc4[nH]c(=O)oc4c3)CC2)ccc1Cl. The number of hydrogen-bond acceptors (Lipinski definition) is 6. The predicted octanol–water partition coefficient (Wildman–Crippen LogP) is 2.21. The number of aromatic nitrogens is 1. The Balaban J connectivity index is 1.36. The van der Waals surface area contributed by atoms with Crippen LogP contribution in [-0.2, 0) is 20.9 Å². The molecule has 162 valence electrons. The molecule has 10 heteroatoms. The Labute approximate surface area is 182 Å². The van der Waals surface area contributed by atoms with Crippen LogP contribution in [0.5, 0.6) is 0 Å². The summed E-state index contributed by atoms with van der Waals surface area (Å²) in [5.41, 5.74) is 3.09. The van der Waals surface area contributed by atoms with E-state index in [0.717, 1.165) is 11.3 Å². The fourth-order valence-electron chi connectivity index (χ4n) is 3.54. The maximum atomic E-state index is 12.6. The molecule has 2 aromatic carbocycles. The Morgan fingerprint density at radius 1 is 1.16 bits per heavy atom. The van der Waals surface area contributed by atoms with Gasteiger partial charge in [-0.15, -0.1) is 0 Å². The molecule has 1 aliphatic rings. The van der Waals surface area contributed by atoms with Crippen LogP contribution < -0.4 is 16.0 Å². The molecule has 0 saturated carbocycles. The lowest BCUT2D eigenvalue weighted by atomic mass is 10.1. The van der Waals surface area contributed by atoms with Crippen molar-refractivity contribution in [2.24, 2.45) is 0 Å². The largest absolute Gasteiger partial charge is 0.417 e. The van der Waals surface area contributed by atoms with E-state index in [1.54, 1.807) is 19.2 Å². The number of carbonyl (C=O) groups excluding carboxylic acids is 2. The average molecular weight is 445 g/mol. The standard InChI is InChI=1S/C21H21ClN4O5/c1-30-12-13-10-15(3-4-16(13)22)25-6-8-26(9-7-25)20(28)19(27)23-14-2-5-17-18(11-14)31-21(29)24-17/h2-5,10-11H,6-9,12H2,1H3,(H,23,27)(H,24,29). The first-order valence-electron chi connectivity index (χ1n) is 9.70. The van der Waals surface area contributed by atoms with Gasteiger partial charge in [0.1, 0.15) is 0 Å². The van der Waals surface area contributed by atoms with Gasteiger partial charge in [-0.05, 0) is 35.9 Å². The molecule has 0 atom stereocenters. The van der Waals surface area contributed by atoms with Gasteiger partial charge in [0.25, 0.3) is 0 Å². The van der Waals surface area contributed by atoms with Crippen LogP contribution in [0.2, 0.25) is 5.02 Å². The molecule has 3 aromatic rings. The number of benzene rings is 2. The molecule has 1 aromatic heterocycles. The number of carbonyl (C=O) groups is 2. The maximum Gasteiger partial charge on any atom is 0.417 e. The third kappa shape index (κ3) is 4.57. The summed E-state index contributed by atoms with van der Waals surface area (Å²) in [6.45, 7) is 2.44. The van der Waals surface area contributed by atoms with E-state index in [-0.39, 0.29) is 0 Å². The highest BCUT2D eigenvalue weighted by atomic mass is 35.5. The van der Waals surface area contributed by atoms with Gasteiger partial charge in [0.2, 0.25) is 0 Å². The van der Waals surface area contributed by atoms with Crippen LogP contribution in [-0.4, -0.2) is 55.0 Å². The minimum absolute atomic E-state index is 0.305. The van der Waals surface area contributed by atoms with Crippen LogP contribution in [0.4, 0.5) is 11.4 Å². The van der Waals surface area contributed by atoms with Gasteiger partial charge in [-0.3, -0.25) is 14.6 Å². The number of aromatic amines is 1. The molecule has 0 radical (unpaired) electrons. The van der Waals surface area contributed by atoms with E-state index in [9.17, 15) is 14.4 Å². The molecule has 9 nitrogen and oxygen atoms in total. The number of methoxy groups -OCH3 is 1. The van der Waals surface area contributed by atoms with Crippen LogP contribution in [0.25, 0.3) is 11.1 Å². The zero-order valence-electron chi connectivity index (χ0n) is 16.8. The number of nitrogens with zero attached hydrogens (tertiary/aromatic N) is 2. The number of piperazine rings is 1. The fourth-order valence-corrected chi connectivity index (χ4v) is 3.72. The summed E-state index contributed by atoms with van der Waals surface area (Å²) in [4.78, 5) is 42.4. The first-order valence-corrected chi connectivity index (χ1v) is 10.1. The zero-order chi connectivity index (χ0) is 22.0. The second kappa shape index (κ2) is 8.83. The zero-order valence-corrected chi connectivity index (χ0v) is 17.6. The predicted molar refractivity (Wildman–Crippen MR) is 116 cm³/mol. The third-order valence-corrected chi connectivity index (χ3v) is 5.50. The van der Waals surface area contributed by atoms with Gasteiger partial charge in [-0.1, -0.05) is 11.6 Å². The van der Waals surface area contributed by atoms with Gasteiger partial charge in [-0.25, -0.2) is 4.79 Å². The third-order valence-electron chi connectivity index (χ3n) is 5.13. The summed E-state index contributed by atoms with van der Waals surface area (Å²) in [5.74, 6) is -1.92. The van der Waals surface area contributed by atoms with Crippen molar-refractivity contribution in [3.8, 4) is 0 Å². The van der Waals surface area contributed by atoms with Crippen molar-refractivity contribution in [3.05, 3.63) is 57.5 Å². The Morgan fingerprint density at radius 3 is 2.68 bits per heavy atom. The lowest BCUT2D eigenvalue weighted by Gasteiger charge is -2.36. The topological polar surface area (TPSA) is 108 Å². The van der Waals surface area contributed by atoms with Crippen molar-refractivity contribution in [2.75, 3.05) is 43.5 Å². The molecule has 0 unspecified atom stereocenters. The summed E-state index contributed by atoms with van der Waals surface area (Å²) in [6.07, 6.45) is 0. The summed E-state index contributed by atoms with van der Waals surface area (Å²) in [5, 5.41) is 3.21. The normalized spacial score (nSPS) is 14.1. The number of ether oxygens (including phenoxy) is 1. The second-order valence-electron chi connectivity index (χ2n) is 7.17. The minimum atomic E-state index is -0.737. The van der Waals surface area contributed by atoms with E-state index < -0.39 is 17.6 Å². The second-order valence-corrected chi connectivity index (χ2v) is 7.57. The van der Waals surface area contributed by atoms with Gasteiger partial charge in [0.05, 0.1) is 12.1 Å². The number of rotatable bonds is 4. The summed E-state index contributed by atoms with van der Waals surface area (Å²) >= 11 is 6.19. The number of fused-ring (bicyclic) bond motifs is 1. The molecule has 1 fully saturated rings. The number of amides is 2. The molecule has 1 saturated heterocycles. The Bertz CT molecular complexity index is 1180. The van der Waals surface area contributed by atoms with Crippen LogP contribution in [0.15, 0.2) is 45.6 Å². The Morgan fingerprint density at radius 2 is 1.94 bits per heavy atom. The van der Waals surface area contributed by atoms with Crippen LogP contribution in [0, 0.1) is 0 Å². The van der Waals surface area contributed by atoms with Crippen molar-refractivity contribution in [2.45, 2.75) is 6.61 Å². The van der Waals surface area contributed by atoms with Crippen molar-refractivity contribution in [3.63, 3.8) is 0 Å². The molecular formula is C21H21ClN4O5. The summed E-state index contributed by atoms with van der Waals surface area (Å²) in [6, 6.07) is 10.4. The highest BCUT2D eigenvalue weighted by molar-refractivity contribution is 6.39. The van der Waals surface area contributed by atoms with E-state index in [4.69, 9.17) is 20.8 Å². The van der Waals surface area contributed by atoms with Crippen LogP contribution in [0.3, 0.4) is 0 Å². The van der Waals surface area contributed by atoms with Gasteiger partial charge in [0, 0.05) is 55.8 Å². The first kappa shape index (κ1) is 21.0. The molecule has 2 amide bonds. The molecule has 0 spiro atoms. The molecule has 31 heavy (non-hydrogen) atoms. The lowest BCUT2D eigenvalue weighted by molar-refractivity contribution is -0.143. The molecule has 2 N–H and O–H groups in total. The maximum absolute atomic E-state index is 12.6. The first-order chi connectivity index (χ1) is 14.9. The lowest BCUT2D eigenvalue weighted by Crippen LogP contribution is -2.51. The van der Waals surface area contributed by atoms with E-state index in [0.29, 0.717) is 54.6 Å². The van der Waals surface area contributed by atoms with Crippen LogP contribution in [0.1, 0.15) is 5.56 Å². The summed E-state index contributed by atoms with van der Waals surface area (Å²) in [7, 11) is 1.62. The minimum Gasteiger partial charge on any atom is -0.408 e. The highest BCUT2D eigenvalue weighted by Gasteiger charge is 2.26. The monoisotopic (exact) mass is 444 g/mol.